The number of rotatable bonds is 5. The Morgan fingerprint density at radius 3 is 2.75 bits per heavy atom. The number of fused-ring (bicyclic) bond motifs is 1. The van der Waals surface area contributed by atoms with Gasteiger partial charge in [0.25, 0.3) is 0 Å². The van der Waals surface area contributed by atoms with Crippen molar-refractivity contribution in [2.75, 3.05) is 11.9 Å². The lowest BCUT2D eigenvalue weighted by atomic mass is 9.96. The fraction of sp³-hybridized carbons (Fsp3) is 0.412. The highest BCUT2D eigenvalue weighted by Crippen LogP contribution is 2.24. The molecule has 1 aliphatic carbocycles. The molecule has 1 aliphatic rings. The first kappa shape index (κ1) is 13.1. The van der Waals surface area contributed by atoms with Gasteiger partial charge >= 0.3 is 0 Å². The van der Waals surface area contributed by atoms with Gasteiger partial charge in [-0.15, -0.1) is 0 Å². The van der Waals surface area contributed by atoms with Crippen LogP contribution in [0.3, 0.4) is 0 Å². The van der Waals surface area contributed by atoms with E-state index in [1.807, 2.05) is 0 Å². The van der Waals surface area contributed by atoms with E-state index in [0.717, 1.165) is 38.0 Å². The van der Waals surface area contributed by atoms with Crippen LogP contribution in [-0.4, -0.2) is 16.5 Å². The van der Waals surface area contributed by atoms with Crippen LogP contribution in [0, 0.1) is 0 Å². The van der Waals surface area contributed by atoms with Gasteiger partial charge < -0.3 is 5.32 Å². The predicted octanol–water partition coefficient (Wildman–Crippen LogP) is 3.40. The summed E-state index contributed by atoms with van der Waals surface area (Å²) in [6, 6.07) is 10.6. The van der Waals surface area contributed by atoms with E-state index >= 15 is 0 Å². The van der Waals surface area contributed by atoms with E-state index in [-0.39, 0.29) is 0 Å². The van der Waals surface area contributed by atoms with E-state index in [1.165, 1.54) is 29.7 Å². The van der Waals surface area contributed by atoms with Crippen LogP contribution in [0.25, 0.3) is 0 Å². The quantitative estimate of drug-likeness (QED) is 0.844. The molecule has 3 nitrogen and oxygen atoms in total. The lowest BCUT2D eigenvalue weighted by molar-refractivity contribution is 0.662. The van der Waals surface area contributed by atoms with Gasteiger partial charge in [0.05, 0.1) is 0 Å². The molecule has 0 saturated carbocycles. The minimum absolute atomic E-state index is 0.971. The second-order valence-corrected chi connectivity index (χ2v) is 5.37. The van der Waals surface area contributed by atoms with E-state index in [0.29, 0.717) is 0 Å². The van der Waals surface area contributed by atoms with Gasteiger partial charge in [0.15, 0.2) is 0 Å². The largest absolute Gasteiger partial charge is 0.370 e. The number of nitrogens with one attached hydrogen (secondary N) is 1. The molecule has 0 atom stereocenters. The Morgan fingerprint density at radius 2 is 1.85 bits per heavy atom. The Bertz CT molecular complexity index is 551. The second kappa shape index (κ2) is 6.51. The van der Waals surface area contributed by atoms with Crippen molar-refractivity contribution < 1.29 is 0 Å². The molecular weight excluding hydrogens is 246 g/mol. The number of aromatic nitrogens is 2. The van der Waals surface area contributed by atoms with E-state index < -0.39 is 0 Å². The van der Waals surface area contributed by atoms with Gasteiger partial charge in [-0.25, -0.2) is 9.97 Å². The van der Waals surface area contributed by atoms with Crippen LogP contribution >= 0.6 is 0 Å². The molecule has 0 spiro atoms. The van der Waals surface area contributed by atoms with Crippen LogP contribution in [0.15, 0.2) is 36.7 Å². The molecule has 0 aliphatic heterocycles. The number of nitrogens with zero attached hydrogens (tertiary/aromatic N) is 2. The van der Waals surface area contributed by atoms with E-state index in [1.54, 1.807) is 6.33 Å². The molecule has 0 saturated heterocycles. The molecule has 2 aromatic rings. The highest BCUT2D eigenvalue weighted by atomic mass is 15.0. The molecular formula is C17H21N3. The number of hydrogen-bond donors (Lipinski definition) is 1. The molecule has 1 N–H and O–H groups in total. The molecule has 1 aromatic heterocycles. The van der Waals surface area contributed by atoms with Crippen molar-refractivity contribution in [1.29, 1.82) is 0 Å². The summed E-state index contributed by atoms with van der Waals surface area (Å²) in [7, 11) is 0. The van der Waals surface area contributed by atoms with Crippen LogP contribution in [0.4, 0.5) is 5.82 Å². The maximum Gasteiger partial charge on any atom is 0.132 e. The molecule has 0 amide bonds. The molecule has 0 unspecified atom stereocenters. The van der Waals surface area contributed by atoms with Crippen LogP contribution in [0.5, 0.6) is 0 Å². The smallest absolute Gasteiger partial charge is 0.132 e. The zero-order chi connectivity index (χ0) is 13.6. The Morgan fingerprint density at radius 1 is 1.00 bits per heavy atom. The highest BCUT2D eigenvalue weighted by molar-refractivity contribution is 5.46. The third kappa shape index (κ3) is 3.16. The van der Waals surface area contributed by atoms with Crippen LogP contribution in [0.2, 0.25) is 0 Å². The summed E-state index contributed by atoms with van der Waals surface area (Å²) in [5.74, 6) is 1.06. The number of benzene rings is 1. The normalized spacial score (nSPS) is 13.8. The molecule has 0 bridgehead atoms. The summed E-state index contributed by atoms with van der Waals surface area (Å²) >= 11 is 0. The highest BCUT2D eigenvalue weighted by Gasteiger charge is 2.14. The SMILES string of the molecule is c1ccc(CCCNc2ncnc3c2CCCC3)cc1. The molecule has 20 heavy (non-hydrogen) atoms. The average Bonchev–Trinajstić information content (AvgIpc) is 2.53. The first-order chi connectivity index (χ1) is 9.93. The fourth-order valence-corrected chi connectivity index (χ4v) is 2.82. The Balaban J connectivity index is 1.54. The van der Waals surface area contributed by atoms with Crippen molar-refractivity contribution in [2.24, 2.45) is 0 Å². The lowest BCUT2D eigenvalue weighted by Crippen LogP contribution is -2.13. The first-order valence-corrected chi connectivity index (χ1v) is 7.54. The third-order valence-corrected chi connectivity index (χ3v) is 3.90. The second-order valence-electron chi connectivity index (χ2n) is 5.37. The molecule has 104 valence electrons. The van der Waals surface area contributed by atoms with Crippen LogP contribution in [0.1, 0.15) is 36.1 Å². The van der Waals surface area contributed by atoms with Gasteiger partial charge in [-0.3, -0.25) is 0 Å². The summed E-state index contributed by atoms with van der Waals surface area (Å²) < 4.78 is 0. The number of anilines is 1. The van der Waals surface area contributed by atoms with Gasteiger partial charge in [0.1, 0.15) is 12.1 Å². The third-order valence-electron chi connectivity index (χ3n) is 3.90. The Kier molecular flexibility index (Phi) is 4.26. The maximum absolute atomic E-state index is 4.41. The van der Waals surface area contributed by atoms with Crippen LogP contribution in [-0.2, 0) is 19.3 Å². The summed E-state index contributed by atoms with van der Waals surface area (Å²) in [6.07, 6.45) is 8.69. The Hall–Kier alpha value is -1.90. The average molecular weight is 267 g/mol. The number of aryl methyl sites for hydroxylation is 2. The fourth-order valence-electron chi connectivity index (χ4n) is 2.82. The molecule has 1 heterocycles. The van der Waals surface area contributed by atoms with Crippen molar-refractivity contribution in [1.82, 2.24) is 9.97 Å². The zero-order valence-corrected chi connectivity index (χ0v) is 11.8. The van der Waals surface area contributed by atoms with Crippen molar-refractivity contribution >= 4 is 5.82 Å². The summed E-state index contributed by atoms with van der Waals surface area (Å²) in [6.45, 7) is 0.971. The molecule has 0 fully saturated rings. The minimum Gasteiger partial charge on any atom is -0.370 e. The topological polar surface area (TPSA) is 37.8 Å². The molecule has 0 radical (unpaired) electrons. The summed E-state index contributed by atoms with van der Waals surface area (Å²) in [5.41, 5.74) is 3.99. The van der Waals surface area contributed by atoms with Crippen molar-refractivity contribution in [3.05, 3.63) is 53.5 Å². The van der Waals surface area contributed by atoms with Crippen molar-refractivity contribution in [2.45, 2.75) is 38.5 Å². The van der Waals surface area contributed by atoms with Crippen LogP contribution < -0.4 is 5.32 Å². The van der Waals surface area contributed by atoms with Gasteiger partial charge in [-0.1, -0.05) is 30.3 Å². The van der Waals surface area contributed by atoms with Gasteiger partial charge in [0.2, 0.25) is 0 Å². The van der Waals surface area contributed by atoms with Gasteiger partial charge in [-0.05, 0) is 44.1 Å². The van der Waals surface area contributed by atoms with E-state index in [9.17, 15) is 0 Å². The minimum atomic E-state index is 0.971. The molecule has 1 aromatic carbocycles. The zero-order valence-electron chi connectivity index (χ0n) is 11.8. The summed E-state index contributed by atoms with van der Waals surface area (Å²) in [5, 5.41) is 3.49. The Labute approximate surface area is 120 Å². The first-order valence-electron chi connectivity index (χ1n) is 7.54. The monoisotopic (exact) mass is 267 g/mol. The number of hydrogen-bond acceptors (Lipinski definition) is 3. The standard InChI is InChI=1S/C17H21N3/c1-2-7-14(8-3-1)9-6-12-18-17-15-10-4-5-11-16(15)19-13-20-17/h1-3,7-8,13H,4-6,9-12H2,(H,18,19,20). The van der Waals surface area contributed by atoms with E-state index in [4.69, 9.17) is 0 Å². The predicted molar refractivity (Wildman–Crippen MR) is 81.9 cm³/mol. The van der Waals surface area contributed by atoms with E-state index in [2.05, 4.69) is 45.6 Å². The maximum atomic E-state index is 4.41. The van der Waals surface area contributed by atoms with Gasteiger partial charge in [-0.2, -0.15) is 0 Å². The molecule has 3 rings (SSSR count). The van der Waals surface area contributed by atoms with Gasteiger partial charge in [0, 0.05) is 17.8 Å². The van der Waals surface area contributed by atoms with Crippen molar-refractivity contribution in [3.8, 4) is 0 Å². The van der Waals surface area contributed by atoms with Crippen molar-refractivity contribution in [3.63, 3.8) is 0 Å². The summed E-state index contributed by atoms with van der Waals surface area (Å²) in [4.78, 5) is 8.82. The molecule has 3 heteroatoms. The lowest BCUT2D eigenvalue weighted by Gasteiger charge is -2.18.